The van der Waals surface area contributed by atoms with Crippen molar-refractivity contribution in [2.45, 2.75) is 20.3 Å². The molecule has 0 unspecified atom stereocenters. The molecule has 2 N–H and O–H groups in total. The van der Waals surface area contributed by atoms with E-state index in [9.17, 15) is 0 Å². The molecule has 1 aromatic carbocycles. The molecule has 0 atom stereocenters. The number of imidazole rings is 1. The maximum atomic E-state index is 6.11. The van der Waals surface area contributed by atoms with E-state index in [0.29, 0.717) is 11.6 Å². The normalized spacial score (nSPS) is 11.2. The number of hydrogen-bond donors (Lipinski definition) is 1. The van der Waals surface area contributed by atoms with Crippen molar-refractivity contribution in [3.8, 4) is 11.3 Å². The molecule has 0 aliphatic carbocycles. The van der Waals surface area contributed by atoms with Crippen LogP contribution in [0.25, 0.3) is 16.9 Å². The third kappa shape index (κ3) is 2.55. The van der Waals surface area contributed by atoms with Gasteiger partial charge in [0.2, 0.25) is 0 Å². The van der Waals surface area contributed by atoms with Gasteiger partial charge in [0.1, 0.15) is 5.65 Å². The van der Waals surface area contributed by atoms with Gasteiger partial charge in [-0.25, -0.2) is 4.98 Å². The van der Waals surface area contributed by atoms with E-state index < -0.39 is 0 Å². The minimum Gasteiger partial charge on any atom is -0.330 e. The van der Waals surface area contributed by atoms with Crippen molar-refractivity contribution in [2.24, 2.45) is 5.73 Å². The number of nitrogens with two attached hydrogens (primary N) is 1. The number of aryl methyl sites for hydroxylation is 2. The number of halogens is 1. The predicted octanol–water partition coefficient (Wildman–Crippen LogP) is 3.77. The SMILES string of the molecule is Cc1ccc(-c2nc3ccc(Cl)cn3c2CCN)cc1C. The Morgan fingerprint density at radius 3 is 2.67 bits per heavy atom. The summed E-state index contributed by atoms with van der Waals surface area (Å²) in [5.74, 6) is 0. The van der Waals surface area contributed by atoms with Crippen LogP contribution in [0.1, 0.15) is 16.8 Å². The molecule has 21 heavy (non-hydrogen) atoms. The minimum absolute atomic E-state index is 0.581. The zero-order valence-electron chi connectivity index (χ0n) is 12.2. The lowest BCUT2D eigenvalue weighted by atomic mass is 10.0. The number of rotatable bonds is 3. The summed E-state index contributed by atoms with van der Waals surface area (Å²) in [7, 11) is 0. The van der Waals surface area contributed by atoms with Gasteiger partial charge in [0.15, 0.2) is 0 Å². The van der Waals surface area contributed by atoms with Crippen LogP contribution in [0.4, 0.5) is 0 Å². The van der Waals surface area contributed by atoms with E-state index >= 15 is 0 Å². The number of aromatic nitrogens is 2. The van der Waals surface area contributed by atoms with Crippen molar-refractivity contribution < 1.29 is 0 Å². The Morgan fingerprint density at radius 2 is 1.95 bits per heavy atom. The largest absolute Gasteiger partial charge is 0.330 e. The lowest BCUT2D eigenvalue weighted by Crippen LogP contribution is -2.06. The Balaban J connectivity index is 2.25. The molecule has 3 rings (SSSR count). The highest BCUT2D eigenvalue weighted by atomic mass is 35.5. The molecular formula is C17H18ClN3. The van der Waals surface area contributed by atoms with E-state index in [-0.39, 0.29) is 0 Å². The summed E-state index contributed by atoms with van der Waals surface area (Å²) in [6, 6.07) is 10.2. The topological polar surface area (TPSA) is 43.3 Å². The van der Waals surface area contributed by atoms with Crippen molar-refractivity contribution >= 4 is 17.2 Å². The van der Waals surface area contributed by atoms with Crippen LogP contribution in [0.2, 0.25) is 5.02 Å². The van der Waals surface area contributed by atoms with E-state index in [1.807, 2.05) is 22.7 Å². The molecule has 2 heterocycles. The molecule has 0 aliphatic heterocycles. The summed E-state index contributed by atoms with van der Waals surface area (Å²) >= 11 is 6.11. The first-order chi connectivity index (χ1) is 10.1. The van der Waals surface area contributed by atoms with Gasteiger partial charge < -0.3 is 10.1 Å². The quantitative estimate of drug-likeness (QED) is 0.800. The molecule has 0 spiro atoms. The van der Waals surface area contributed by atoms with Crippen LogP contribution in [0, 0.1) is 13.8 Å². The number of fused-ring (bicyclic) bond motifs is 1. The molecule has 3 aromatic rings. The van der Waals surface area contributed by atoms with Crippen LogP contribution in [0.15, 0.2) is 36.5 Å². The molecule has 0 fully saturated rings. The van der Waals surface area contributed by atoms with Crippen molar-refractivity contribution in [2.75, 3.05) is 6.54 Å². The summed E-state index contributed by atoms with van der Waals surface area (Å²) in [5, 5.41) is 0.699. The molecule has 0 saturated carbocycles. The zero-order valence-corrected chi connectivity index (χ0v) is 13.0. The van der Waals surface area contributed by atoms with Crippen LogP contribution < -0.4 is 5.73 Å². The first-order valence-corrected chi connectivity index (χ1v) is 7.42. The Hall–Kier alpha value is -1.84. The van der Waals surface area contributed by atoms with Gasteiger partial charge in [-0.05, 0) is 49.7 Å². The fourth-order valence-corrected chi connectivity index (χ4v) is 2.72. The first kappa shape index (κ1) is 14.1. The maximum absolute atomic E-state index is 6.11. The van der Waals surface area contributed by atoms with E-state index in [4.69, 9.17) is 22.3 Å². The lowest BCUT2D eigenvalue weighted by molar-refractivity contribution is 0.907. The standard InChI is InChI=1S/C17H18ClN3/c1-11-3-4-13(9-12(11)2)17-15(7-8-19)21-10-14(18)5-6-16(21)20-17/h3-6,9-10H,7-8,19H2,1-2H3. The molecule has 0 bridgehead atoms. The molecule has 2 aromatic heterocycles. The average molecular weight is 300 g/mol. The summed E-state index contributed by atoms with van der Waals surface area (Å²) in [4.78, 5) is 4.76. The van der Waals surface area contributed by atoms with Gasteiger partial charge in [0.25, 0.3) is 0 Å². The Morgan fingerprint density at radius 1 is 1.14 bits per heavy atom. The van der Waals surface area contributed by atoms with Crippen molar-refractivity contribution in [3.05, 3.63) is 58.4 Å². The third-order valence-corrected chi connectivity index (χ3v) is 4.07. The van der Waals surface area contributed by atoms with Crippen LogP contribution in [0.5, 0.6) is 0 Å². The summed E-state index contributed by atoms with van der Waals surface area (Å²) < 4.78 is 2.04. The molecular weight excluding hydrogens is 282 g/mol. The fourth-order valence-electron chi connectivity index (χ4n) is 2.56. The second-order valence-corrected chi connectivity index (χ2v) is 5.76. The van der Waals surface area contributed by atoms with E-state index in [1.54, 1.807) is 0 Å². The van der Waals surface area contributed by atoms with Crippen LogP contribution in [-0.4, -0.2) is 15.9 Å². The molecule has 4 heteroatoms. The Bertz CT molecular complexity index is 805. The maximum Gasteiger partial charge on any atom is 0.137 e. The average Bonchev–Trinajstić information content (AvgIpc) is 2.81. The monoisotopic (exact) mass is 299 g/mol. The third-order valence-electron chi connectivity index (χ3n) is 3.84. The van der Waals surface area contributed by atoms with Gasteiger partial charge in [-0.3, -0.25) is 0 Å². The van der Waals surface area contributed by atoms with Crippen LogP contribution in [-0.2, 0) is 6.42 Å². The highest BCUT2D eigenvalue weighted by molar-refractivity contribution is 6.30. The van der Waals surface area contributed by atoms with Crippen LogP contribution >= 0.6 is 11.6 Å². The molecule has 0 amide bonds. The summed E-state index contributed by atoms with van der Waals surface area (Å²) in [5.41, 5.74) is 12.5. The molecule has 108 valence electrons. The van der Waals surface area contributed by atoms with Gasteiger partial charge in [0.05, 0.1) is 16.4 Å². The zero-order chi connectivity index (χ0) is 15.0. The Kier molecular flexibility index (Phi) is 3.70. The minimum atomic E-state index is 0.581. The lowest BCUT2D eigenvalue weighted by Gasteiger charge is -2.06. The number of nitrogens with zero attached hydrogens (tertiary/aromatic N) is 2. The van der Waals surface area contributed by atoms with Gasteiger partial charge in [-0.2, -0.15) is 0 Å². The number of hydrogen-bond acceptors (Lipinski definition) is 2. The van der Waals surface area contributed by atoms with Gasteiger partial charge in [0, 0.05) is 18.2 Å². The van der Waals surface area contributed by atoms with Crippen molar-refractivity contribution in [1.82, 2.24) is 9.38 Å². The Labute approximate surface area is 129 Å². The van der Waals surface area contributed by atoms with E-state index in [2.05, 4.69) is 32.0 Å². The molecule has 3 nitrogen and oxygen atoms in total. The molecule has 0 saturated heterocycles. The van der Waals surface area contributed by atoms with Crippen LogP contribution in [0.3, 0.4) is 0 Å². The number of benzene rings is 1. The van der Waals surface area contributed by atoms with Gasteiger partial charge in [-0.15, -0.1) is 0 Å². The first-order valence-electron chi connectivity index (χ1n) is 7.04. The molecule has 0 aliphatic rings. The van der Waals surface area contributed by atoms with Crippen molar-refractivity contribution in [1.29, 1.82) is 0 Å². The van der Waals surface area contributed by atoms with E-state index in [0.717, 1.165) is 29.0 Å². The highest BCUT2D eigenvalue weighted by Gasteiger charge is 2.14. The predicted molar refractivity (Wildman–Crippen MR) is 87.9 cm³/mol. The summed E-state index contributed by atoms with van der Waals surface area (Å²) in [6.07, 6.45) is 2.67. The van der Waals surface area contributed by atoms with Gasteiger partial charge in [-0.1, -0.05) is 23.7 Å². The van der Waals surface area contributed by atoms with E-state index in [1.165, 1.54) is 11.1 Å². The second-order valence-electron chi connectivity index (χ2n) is 5.32. The number of pyridine rings is 1. The molecule has 0 radical (unpaired) electrons. The fraction of sp³-hybridized carbons (Fsp3) is 0.235. The second kappa shape index (κ2) is 5.51. The van der Waals surface area contributed by atoms with Crippen molar-refractivity contribution in [3.63, 3.8) is 0 Å². The smallest absolute Gasteiger partial charge is 0.137 e. The van der Waals surface area contributed by atoms with Gasteiger partial charge >= 0.3 is 0 Å². The highest BCUT2D eigenvalue weighted by Crippen LogP contribution is 2.27. The summed E-state index contributed by atoms with van der Waals surface area (Å²) in [6.45, 7) is 4.82.